The minimum Gasteiger partial charge on any atom is -0.337 e. The van der Waals surface area contributed by atoms with Gasteiger partial charge in [-0.25, -0.2) is 18.0 Å². The molecule has 2 aromatic carbocycles. The Morgan fingerprint density at radius 2 is 1.73 bits per heavy atom. The number of nitrogens with zero attached hydrogens (tertiary/aromatic N) is 1. The van der Waals surface area contributed by atoms with Gasteiger partial charge in [0.15, 0.2) is 0 Å². The Bertz CT molecular complexity index is 1250. The summed E-state index contributed by atoms with van der Waals surface area (Å²) in [4.78, 5) is 17.1. The average Bonchev–Trinajstić information content (AvgIpc) is 3.18. The normalized spacial score (nSPS) is 18.7. The lowest BCUT2D eigenvalue weighted by Gasteiger charge is -2.35. The molecule has 0 spiro atoms. The van der Waals surface area contributed by atoms with Crippen molar-refractivity contribution in [3.8, 4) is 0 Å². The number of amides is 2. The molecule has 0 aliphatic heterocycles. The lowest BCUT2D eigenvalue weighted by atomic mass is 9.71. The zero-order valence-corrected chi connectivity index (χ0v) is 20.0. The Labute approximate surface area is 214 Å². The smallest absolute Gasteiger partial charge is 0.337 e. The van der Waals surface area contributed by atoms with E-state index in [1.54, 1.807) is 30.3 Å². The van der Waals surface area contributed by atoms with Crippen molar-refractivity contribution in [3.05, 3.63) is 100 Å². The van der Waals surface area contributed by atoms with Crippen LogP contribution < -0.4 is 10.6 Å². The fourth-order valence-electron chi connectivity index (χ4n) is 4.63. The maximum Gasteiger partial charge on any atom is 0.416 e. The summed E-state index contributed by atoms with van der Waals surface area (Å²) in [6.07, 6.45) is -4.34. The maximum atomic E-state index is 14.6. The van der Waals surface area contributed by atoms with Gasteiger partial charge in [0, 0.05) is 31.6 Å². The Morgan fingerprint density at radius 3 is 2.32 bits per heavy atom. The number of pyridine rings is 1. The number of hydrogen-bond acceptors (Lipinski definition) is 2. The molecule has 4 rings (SSSR count). The number of rotatable bonds is 6. The number of carbonyl (C=O) groups is 1. The molecule has 37 heavy (non-hydrogen) atoms. The quantitative estimate of drug-likeness (QED) is 0.341. The summed E-state index contributed by atoms with van der Waals surface area (Å²) < 4.78 is 82.7. The highest BCUT2D eigenvalue weighted by atomic mass is 35.5. The van der Waals surface area contributed by atoms with Gasteiger partial charge in [-0.3, -0.25) is 4.98 Å². The summed E-state index contributed by atoms with van der Waals surface area (Å²) in [5, 5.41) is 5.34. The number of benzene rings is 2. The Hall–Kier alpha value is -3.27. The topological polar surface area (TPSA) is 54.0 Å². The van der Waals surface area contributed by atoms with Crippen LogP contribution in [0.2, 0.25) is 5.02 Å². The molecule has 1 aliphatic rings. The molecule has 1 heterocycles. The van der Waals surface area contributed by atoms with Crippen molar-refractivity contribution >= 4 is 17.6 Å². The molecule has 0 bridgehead atoms. The molecule has 2 atom stereocenters. The first-order valence-electron chi connectivity index (χ1n) is 11.4. The molecule has 196 valence electrons. The van der Waals surface area contributed by atoms with E-state index in [9.17, 15) is 31.1 Å². The van der Waals surface area contributed by atoms with Gasteiger partial charge < -0.3 is 10.6 Å². The molecule has 1 aliphatic carbocycles. The second kappa shape index (κ2) is 10.2. The van der Waals surface area contributed by atoms with Crippen LogP contribution in [-0.4, -0.2) is 29.5 Å². The number of aromatic nitrogens is 1. The van der Waals surface area contributed by atoms with Crippen molar-refractivity contribution in [3.63, 3.8) is 0 Å². The molecule has 2 N–H and O–H groups in total. The largest absolute Gasteiger partial charge is 0.416 e. The van der Waals surface area contributed by atoms with Gasteiger partial charge in [-0.1, -0.05) is 41.9 Å². The summed E-state index contributed by atoms with van der Waals surface area (Å²) in [5.41, 5.74) is -2.32. The van der Waals surface area contributed by atoms with Crippen molar-refractivity contribution in [1.82, 2.24) is 15.6 Å². The highest BCUT2D eigenvalue weighted by Crippen LogP contribution is 2.41. The van der Waals surface area contributed by atoms with Gasteiger partial charge in [-0.15, -0.1) is 0 Å². The monoisotopic (exact) mass is 541 g/mol. The highest BCUT2D eigenvalue weighted by molar-refractivity contribution is 6.30. The first kappa shape index (κ1) is 26.8. The molecule has 1 saturated carbocycles. The Kier molecular flexibility index (Phi) is 7.41. The van der Waals surface area contributed by atoms with Crippen LogP contribution in [0.1, 0.15) is 41.6 Å². The van der Waals surface area contributed by atoms with Crippen LogP contribution in [0.4, 0.5) is 31.1 Å². The molecule has 11 heteroatoms. The predicted molar refractivity (Wildman–Crippen MR) is 126 cm³/mol. The summed E-state index contributed by atoms with van der Waals surface area (Å²) >= 11 is 6.00. The van der Waals surface area contributed by atoms with Crippen molar-refractivity contribution in [2.24, 2.45) is 0 Å². The van der Waals surface area contributed by atoms with Crippen LogP contribution >= 0.6 is 11.6 Å². The predicted octanol–water partition coefficient (Wildman–Crippen LogP) is 6.71. The van der Waals surface area contributed by atoms with E-state index in [0.717, 1.165) is 12.1 Å². The second-order valence-electron chi connectivity index (χ2n) is 8.98. The molecule has 4 nitrogen and oxygen atoms in total. The van der Waals surface area contributed by atoms with E-state index in [2.05, 4.69) is 15.6 Å². The number of urea groups is 1. The van der Waals surface area contributed by atoms with Crippen LogP contribution in [0, 0.1) is 5.82 Å². The number of hydrogen-bond donors (Lipinski definition) is 2. The fourth-order valence-corrected chi connectivity index (χ4v) is 4.74. The van der Waals surface area contributed by atoms with Gasteiger partial charge in [0.1, 0.15) is 5.82 Å². The van der Waals surface area contributed by atoms with E-state index < -0.39 is 47.4 Å². The number of alkyl halides is 5. The van der Waals surface area contributed by atoms with E-state index in [4.69, 9.17) is 11.6 Å². The third-order valence-electron chi connectivity index (χ3n) is 6.40. The third-order valence-corrected chi connectivity index (χ3v) is 6.63. The summed E-state index contributed by atoms with van der Waals surface area (Å²) in [6.45, 7) is -0.360. The second-order valence-corrected chi connectivity index (χ2v) is 9.42. The van der Waals surface area contributed by atoms with Crippen molar-refractivity contribution < 1.29 is 31.1 Å². The lowest BCUT2D eigenvalue weighted by Crippen LogP contribution is -2.48. The third kappa shape index (κ3) is 6.01. The molecule has 2 amide bonds. The molecule has 1 aromatic heterocycles. The standard InChI is InChI=1S/C26H22ClF6N3O/c27-19-6-7-22(34-14-19)25(16-4-2-1-3-5-16,17-10-18(26(31,32)33)12-20(28)11-17)15-35-23(37)36-21-8-9-24(29,30)13-21/h1-7,10-12,14,21H,8-9,13,15H2,(H2,35,36,37). The minimum atomic E-state index is -4.84. The Morgan fingerprint density at radius 1 is 1.03 bits per heavy atom. The number of nitrogens with one attached hydrogen (secondary N) is 2. The van der Waals surface area contributed by atoms with E-state index in [1.165, 1.54) is 18.3 Å². The molecular weight excluding hydrogens is 520 g/mol. The van der Waals surface area contributed by atoms with Crippen LogP contribution in [0.15, 0.2) is 66.9 Å². The first-order chi connectivity index (χ1) is 17.4. The van der Waals surface area contributed by atoms with Crippen molar-refractivity contribution in [2.45, 2.75) is 42.8 Å². The Balaban J connectivity index is 1.81. The SMILES string of the molecule is O=C(NCC(c1ccccc1)(c1cc(F)cc(C(F)(F)F)c1)c1ccc(Cl)cn1)NC1CCC(F)(F)C1. The minimum absolute atomic E-state index is 0.0851. The molecule has 2 unspecified atom stereocenters. The van der Waals surface area contributed by atoms with Gasteiger partial charge in [0.25, 0.3) is 0 Å². The van der Waals surface area contributed by atoms with Gasteiger partial charge >= 0.3 is 12.2 Å². The molecule has 3 aromatic rings. The van der Waals surface area contributed by atoms with E-state index >= 15 is 0 Å². The van der Waals surface area contributed by atoms with E-state index in [-0.39, 0.29) is 35.7 Å². The van der Waals surface area contributed by atoms with Crippen molar-refractivity contribution in [1.29, 1.82) is 0 Å². The molecular formula is C26H22ClF6N3O. The zero-order valence-electron chi connectivity index (χ0n) is 19.3. The first-order valence-corrected chi connectivity index (χ1v) is 11.7. The van der Waals surface area contributed by atoms with E-state index in [1.807, 2.05) is 0 Å². The molecule has 0 saturated heterocycles. The summed E-state index contributed by atoms with van der Waals surface area (Å²) in [6, 6.07) is 11.8. The van der Waals surface area contributed by atoms with Crippen LogP contribution in [0.25, 0.3) is 0 Å². The van der Waals surface area contributed by atoms with Gasteiger partial charge in [-0.05, 0) is 47.9 Å². The van der Waals surface area contributed by atoms with Crippen LogP contribution in [0.5, 0.6) is 0 Å². The highest BCUT2D eigenvalue weighted by Gasteiger charge is 2.42. The molecule has 1 fully saturated rings. The molecule has 0 radical (unpaired) electrons. The van der Waals surface area contributed by atoms with Gasteiger partial charge in [0.05, 0.1) is 21.7 Å². The van der Waals surface area contributed by atoms with Gasteiger partial charge in [0.2, 0.25) is 5.92 Å². The average molecular weight is 542 g/mol. The maximum absolute atomic E-state index is 14.6. The summed E-state index contributed by atoms with van der Waals surface area (Å²) in [5.74, 6) is -4.01. The summed E-state index contributed by atoms with van der Waals surface area (Å²) in [7, 11) is 0. The fraction of sp³-hybridized carbons (Fsp3) is 0.308. The number of carbonyl (C=O) groups excluding carboxylic acids is 1. The number of halogens is 7. The van der Waals surface area contributed by atoms with Crippen molar-refractivity contribution in [2.75, 3.05) is 6.54 Å². The van der Waals surface area contributed by atoms with Crippen LogP contribution in [-0.2, 0) is 11.6 Å². The van der Waals surface area contributed by atoms with E-state index in [0.29, 0.717) is 11.6 Å². The van der Waals surface area contributed by atoms with Crippen LogP contribution in [0.3, 0.4) is 0 Å². The zero-order chi connectivity index (χ0) is 26.8. The lowest BCUT2D eigenvalue weighted by molar-refractivity contribution is -0.137. The van der Waals surface area contributed by atoms with Gasteiger partial charge in [-0.2, -0.15) is 13.2 Å².